The zero-order valence-electron chi connectivity index (χ0n) is 11.0. The van der Waals surface area contributed by atoms with E-state index < -0.39 is 21.1 Å². The van der Waals surface area contributed by atoms with E-state index in [9.17, 15) is 13.2 Å². The molecule has 1 heterocycles. The Kier molecular flexibility index (Phi) is 3.76. The van der Waals surface area contributed by atoms with Crippen LogP contribution in [0, 0.1) is 5.92 Å². The third kappa shape index (κ3) is 3.34. The molecule has 1 fully saturated rings. The molecule has 0 aromatic rings. The number of carbonyl (C=O) groups is 1. The number of amides is 1. The van der Waals surface area contributed by atoms with Gasteiger partial charge in [0.25, 0.3) is 0 Å². The molecular formula is C11H21NO4S. The number of ether oxygens (including phenoxy) is 1. The van der Waals surface area contributed by atoms with Gasteiger partial charge in [0.15, 0.2) is 0 Å². The van der Waals surface area contributed by atoms with E-state index in [1.165, 1.54) is 4.90 Å². The van der Waals surface area contributed by atoms with Gasteiger partial charge in [0.2, 0.25) is 0 Å². The Labute approximate surface area is 104 Å². The molecule has 100 valence electrons. The molecule has 0 spiro atoms. The predicted molar refractivity (Wildman–Crippen MR) is 65.7 cm³/mol. The SMILES string of the molecule is CC(C)(C)OC(=O)N1CC(C(C)(C)[SH](=O)=O)C1. The first kappa shape index (κ1) is 14.3. The standard InChI is InChI=1S/C11H21NO4S/c1-10(2,3)16-9(13)12-6-8(7-12)11(4,5)17(14)15/h8,17H,6-7H2,1-5H3. The number of carbonyl (C=O) groups excluding carboxylic acids is 1. The van der Waals surface area contributed by atoms with Crippen molar-refractivity contribution in [1.29, 1.82) is 0 Å². The molecule has 1 saturated heterocycles. The summed E-state index contributed by atoms with van der Waals surface area (Å²) in [4.78, 5) is 13.2. The quantitative estimate of drug-likeness (QED) is 0.761. The summed E-state index contributed by atoms with van der Waals surface area (Å²) >= 11 is 0. The molecule has 0 saturated carbocycles. The van der Waals surface area contributed by atoms with Gasteiger partial charge in [-0.1, -0.05) is 0 Å². The molecule has 0 aliphatic carbocycles. The second kappa shape index (κ2) is 4.48. The van der Waals surface area contributed by atoms with Crippen LogP contribution in [0.1, 0.15) is 34.6 Å². The van der Waals surface area contributed by atoms with Crippen LogP contribution < -0.4 is 0 Å². The Morgan fingerprint density at radius 3 is 2.00 bits per heavy atom. The van der Waals surface area contributed by atoms with Crippen LogP contribution in [0.25, 0.3) is 0 Å². The van der Waals surface area contributed by atoms with Crippen molar-refractivity contribution in [1.82, 2.24) is 4.90 Å². The van der Waals surface area contributed by atoms with Gasteiger partial charge < -0.3 is 9.64 Å². The topological polar surface area (TPSA) is 63.7 Å². The smallest absolute Gasteiger partial charge is 0.410 e. The summed E-state index contributed by atoms with van der Waals surface area (Å²) in [7, 11) is -2.48. The Morgan fingerprint density at radius 2 is 1.65 bits per heavy atom. The lowest BCUT2D eigenvalue weighted by Gasteiger charge is -2.45. The Balaban J connectivity index is 2.50. The molecule has 6 heteroatoms. The fraction of sp³-hybridized carbons (Fsp3) is 0.909. The molecule has 1 amide bonds. The molecule has 0 radical (unpaired) electrons. The highest BCUT2D eigenvalue weighted by Crippen LogP contribution is 2.30. The lowest BCUT2D eigenvalue weighted by molar-refractivity contribution is -0.00550. The van der Waals surface area contributed by atoms with Crippen molar-refractivity contribution in [2.45, 2.75) is 45.0 Å². The summed E-state index contributed by atoms with van der Waals surface area (Å²) < 4.78 is 26.6. The largest absolute Gasteiger partial charge is 0.444 e. The summed E-state index contributed by atoms with van der Waals surface area (Å²) in [5, 5.41) is 0. The van der Waals surface area contributed by atoms with Crippen LogP contribution in [0.4, 0.5) is 4.79 Å². The van der Waals surface area contributed by atoms with E-state index in [-0.39, 0.29) is 12.0 Å². The van der Waals surface area contributed by atoms with E-state index in [4.69, 9.17) is 4.74 Å². The second-order valence-electron chi connectivity index (χ2n) is 5.99. The molecule has 0 atom stereocenters. The minimum Gasteiger partial charge on any atom is -0.444 e. The van der Waals surface area contributed by atoms with Crippen molar-refractivity contribution in [3.05, 3.63) is 0 Å². The first-order valence-electron chi connectivity index (χ1n) is 5.66. The fourth-order valence-corrected chi connectivity index (χ4v) is 2.01. The van der Waals surface area contributed by atoms with Gasteiger partial charge in [0.1, 0.15) is 16.3 Å². The molecule has 1 aliphatic rings. The van der Waals surface area contributed by atoms with E-state index >= 15 is 0 Å². The average Bonchev–Trinajstić information content (AvgIpc) is 1.95. The number of hydrogen-bond acceptors (Lipinski definition) is 4. The second-order valence-corrected chi connectivity index (χ2v) is 7.66. The van der Waals surface area contributed by atoms with Gasteiger partial charge in [-0.2, -0.15) is 0 Å². The molecule has 5 nitrogen and oxygen atoms in total. The highest BCUT2D eigenvalue weighted by atomic mass is 32.2. The number of nitrogens with zero attached hydrogens (tertiary/aromatic N) is 1. The maximum atomic E-state index is 11.6. The maximum absolute atomic E-state index is 11.6. The van der Waals surface area contributed by atoms with E-state index in [0.717, 1.165) is 0 Å². The maximum Gasteiger partial charge on any atom is 0.410 e. The van der Waals surface area contributed by atoms with E-state index in [1.807, 2.05) is 0 Å². The summed E-state index contributed by atoms with van der Waals surface area (Å²) in [6.45, 7) is 9.70. The van der Waals surface area contributed by atoms with Crippen LogP contribution in [0.15, 0.2) is 0 Å². The van der Waals surface area contributed by atoms with Gasteiger partial charge in [-0.15, -0.1) is 0 Å². The third-order valence-electron chi connectivity index (χ3n) is 3.00. The summed E-state index contributed by atoms with van der Waals surface area (Å²) in [5.74, 6) is -0.00358. The third-order valence-corrected chi connectivity index (χ3v) is 4.31. The molecule has 1 aliphatic heterocycles. The fourth-order valence-electron chi connectivity index (χ4n) is 1.55. The van der Waals surface area contributed by atoms with Gasteiger partial charge in [-0.05, 0) is 34.6 Å². The van der Waals surface area contributed by atoms with Gasteiger partial charge >= 0.3 is 6.09 Å². The molecule has 0 aromatic carbocycles. The normalized spacial score (nSPS) is 18.1. The van der Waals surface area contributed by atoms with Crippen LogP contribution in [0.5, 0.6) is 0 Å². The zero-order chi connectivity index (χ0) is 13.4. The molecular weight excluding hydrogens is 242 g/mol. The summed E-state index contributed by atoms with van der Waals surface area (Å²) in [6.07, 6.45) is -0.370. The van der Waals surface area contributed by atoms with Crippen molar-refractivity contribution < 1.29 is 17.9 Å². The van der Waals surface area contributed by atoms with Crippen molar-refractivity contribution in [3.63, 3.8) is 0 Å². The van der Waals surface area contributed by atoms with Crippen molar-refractivity contribution in [3.8, 4) is 0 Å². The first-order chi connectivity index (χ1) is 7.54. The number of rotatable bonds is 2. The lowest BCUT2D eigenvalue weighted by atomic mass is 9.88. The van der Waals surface area contributed by atoms with Crippen LogP contribution in [0.3, 0.4) is 0 Å². The minimum atomic E-state index is -2.48. The number of hydrogen-bond donors (Lipinski definition) is 1. The average molecular weight is 263 g/mol. The van der Waals surface area contributed by atoms with Gasteiger partial charge in [-0.25, -0.2) is 13.2 Å². The zero-order valence-corrected chi connectivity index (χ0v) is 11.9. The van der Waals surface area contributed by atoms with Crippen LogP contribution in [0.2, 0.25) is 0 Å². The Bertz CT molecular complexity index is 367. The van der Waals surface area contributed by atoms with Crippen molar-refractivity contribution in [2.24, 2.45) is 5.92 Å². The monoisotopic (exact) mass is 263 g/mol. The Hall–Kier alpha value is -0.780. The van der Waals surface area contributed by atoms with Gasteiger partial charge in [0, 0.05) is 19.0 Å². The molecule has 17 heavy (non-hydrogen) atoms. The molecule has 0 N–H and O–H groups in total. The summed E-state index contributed by atoms with van der Waals surface area (Å²) in [6, 6.07) is 0. The summed E-state index contributed by atoms with van der Waals surface area (Å²) in [5.41, 5.74) is -0.513. The first-order valence-corrected chi connectivity index (χ1v) is 6.84. The van der Waals surface area contributed by atoms with Gasteiger partial charge in [-0.3, -0.25) is 0 Å². The van der Waals surface area contributed by atoms with Gasteiger partial charge in [0.05, 0.1) is 4.75 Å². The van der Waals surface area contributed by atoms with E-state index in [1.54, 1.807) is 34.6 Å². The molecule has 1 rings (SSSR count). The van der Waals surface area contributed by atoms with Crippen molar-refractivity contribution >= 4 is 16.8 Å². The van der Waals surface area contributed by atoms with Crippen LogP contribution >= 0.6 is 0 Å². The van der Waals surface area contributed by atoms with Crippen molar-refractivity contribution in [2.75, 3.05) is 13.1 Å². The van der Waals surface area contributed by atoms with E-state index in [2.05, 4.69) is 0 Å². The molecule has 0 unspecified atom stereocenters. The molecule has 0 aromatic heterocycles. The van der Waals surface area contributed by atoms with Crippen LogP contribution in [-0.4, -0.2) is 42.8 Å². The van der Waals surface area contributed by atoms with Crippen LogP contribution in [-0.2, 0) is 15.4 Å². The molecule has 0 bridgehead atoms. The van der Waals surface area contributed by atoms with E-state index in [0.29, 0.717) is 13.1 Å². The minimum absolute atomic E-state index is 0.00358. The number of thiol groups is 1. The predicted octanol–water partition coefficient (Wildman–Crippen LogP) is 1.24. The lowest BCUT2D eigenvalue weighted by Crippen LogP contribution is -2.58. The highest BCUT2D eigenvalue weighted by molar-refractivity contribution is 7.74. The highest BCUT2D eigenvalue weighted by Gasteiger charge is 2.44. The number of likely N-dealkylation sites (tertiary alicyclic amines) is 1. The Morgan fingerprint density at radius 1 is 1.18 bits per heavy atom.